The highest BCUT2D eigenvalue weighted by Crippen LogP contribution is 2.41. The van der Waals surface area contributed by atoms with Gasteiger partial charge in [0.25, 0.3) is 0 Å². The van der Waals surface area contributed by atoms with Crippen molar-refractivity contribution in [2.75, 3.05) is 19.7 Å². The molecular formula is C30H24F7NO3. The molecule has 1 saturated heterocycles. The van der Waals surface area contributed by atoms with E-state index in [1.807, 2.05) is 4.90 Å². The largest absolute Gasteiger partial charge is 0.456 e. The maximum Gasteiger partial charge on any atom is 0.416 e. The summed E-state index contributed by atoms with van der Waals surface area (Å²) in [6.45, 7) is 1.84. The first-order chi connectivity index (χ1) is 19.3. The number of ether oxygens (including phenoxy) is 2. The summed E-state index contributed by atoms with van der Waals surface area (Å²) in [5.74, 6) is -1.42. The van der Waals surface area contributed by atoms with E-state index in [0.717, 1.165) is 0 Å². The maximum absolute atomic E-state index is 13.7. The van der Waals surface area contributed by atoms with E-state index >= 15 is 0 Å². The molecule has 0 aromatic heterocycles. The lowest BCUT2D eigenvalue weighted by atomic mass is 9.95. The Hall–Kier alpha value is -3.86. The topological polar surface area (TPSA) is 38.8 Å². The van der Waals surface area contributed by atoms with Crippen molar-refractivity contribution in [3.63, 3.8) is 0 Å². The molecule has 3 aromatic rings. The molecule has 0 bridgehead atoms. The monoisotopic (exact) mass is 579 g/mol. The smallest absolute Gasteiger partial charge is 0.416 e. The van der Waals surface area contributed by atoms with Crippen molar-refractivity contribution in [3.8, 4) is 0 Å². The highest BCUT2D eigenvalue weighted by atomic mass is 19.4. The SMILES string of the molecule is CC(OC1CN(C2=C(c3ccccc3)C(=O)OC2)CC1c1ccc(F)cc1)c1cc(C(F)(F)F)cc(C(F)(F)F)c1. The first-order valence-corrected chi connectivity index (χ1v) is 12.7. The summed E-state index contributed by atoms with van der Waals surface area (Å²) in [5, 5.41) is 0. The molecule has 216 valence electrons. The lowest BCUT2D eigenvalue weighted by Crippen LogP contribution is -2.26. The zero-order chi connectivity index (χ0) is 29.5. The third-order valence-corrected chi connectivity index (χ3v) is 7.30. The number of carbonyl (C=O) groups excluding carboxylic acids is 1. The molecule has 4 nitrogen and oxygen atoms in total. The minimum absolute atomic E-state index is 0.00988. The Morgan fingerprint density at radius 1 is 0.878 bits per heavy atom. The fourth-order valence-electron chi connectivity index (χ4n) is 5.25. The summed E-state index contributed by atoms with van der Waals surface area (Å²) >= 11 is 0. The number of alkyl halides is 6. The van der Waals surface area contributed by atoms with Crippen molar-refractivity contribution in [2.45, 2.75) is 37.4 Å². The van der Waals surface area contributed by atoms with E-state index < -0.39 is 53.4 Å². The first kappa shape index (κ1) is 28.7. The van der Waals surface area contributed by atoms with E-state index in [0.29, 0.717) is 41.1 Å². The maximum atomic E-state index is 13.7. The number of likely N-dealkylation sites (tertiary alicyclic amines) is 1. The molecular weight excluding hydrogens is 555 g/mol. The van der Waals surface area contributed by atoms with E-state index in [9.17, 15) is 35.5 Å². The van der Waals surface area contributed by atoms with Gasteiger partial charge in [0.15, 0.2) is 0 Å². The number of rotatable bonds is 6. The average Bonchev–Trinajstić information content (AvgIpc) is 3.51. The second kappa shape index (κ2) is 10.8. The van der Waals surface area contributed by atoms with Gasteiger partial charge in [0.05, 0.1) is 34.6 Å². The molecule has 2 aliphatic rings. The first-order valence-electron chi connectivity index (χ1n) is 12.7. The van der Waals surface area contributed by atoms with Crippen LogP contribution >= 0.6 is 0 Å². The Kier molecular flexibility index (Phi) is 7.58. The van der Waals surface area contributed by atoms with Crippen molar-refractivity contribution >= 4 is 11.5 Å². The van der Waals surface area contributed by atoms with Gasteiger partial charge in [0.2, 0.25) is 0 Å². The number of hydrogen-bond donors (Lipinski definition) is 0. The molecule has 0 aliphatic carbocycles. The molecule has 11 heteroatoms. The van der Waals surface area contributed by atoms with Crippen LogP contribution in [0.1, 0.15) is 46.8 Å². The molecule has 0 saturated carbocycles. The summed E-state index contributed by atoms with van der Waals surface area (Å²) in [6.07, 6.45) is -11.9. The van der Waals surface area contributed by atoms with Crippen LogP contribution in [0, 0.1) is 5.82 Å². The Labute approximate surface area is 231 Å². The van der Waals surface area contributed by atoms with Gasteiger partial charge in [-0.3, -0.25) is 0 Å². The third-order valence-electron chi connectivity index (χ3n) is 7.30. The lowest BCUT2D eigenvalue weighted by Gasteiger charge is -2.25. The van der Waals surface area contributed by atoms with Crippen LogP contribution in [0.5, 0.6) is 0 Å². The van der Waals surface area contributed by atoms with Gasteiger partial charge in [-0.05, 0) is 53.9 Å². The van der Waals surface area contributed by atoms with Crippen molar-refractivity contribution in [2.24, 2.45) is 0 Å². The van der Waals surface area contributed by atoms with Crippen LogP contribution in [0.25, 0.3) is 5.57 Å². The molecule has 41 heavy (non-hydrogen) atoms. The molecule has 0 N–H and O–H groups in total. The fraction of sp³-hybridized carbons (Fsp3) is 0.300. The van der Waals surface area contributed by atoms with Crippen molar-refractivity contribution < 1.29 is 45.0 Å². The van der Waals surface area contributed by atoms with Crippen LogP contribution in [0.4, 0.5) is 30.7 Å². The van der Waals surface area contributed by atoms with Gasteiger partial charge in [0, 0.05) is 19.0 Å². The molecule has 3 unspecified atom stereocenters. The lowest BCUT2D eigenvalue weighted by molar-refractivity contribution is -0.143. The van der Waals surface area contributed by atoms with Gasteiger partial charge < -0.3 is 14.4 Å². The van der Waals surface area contributed by atoms with Gasteiger partial charge in [-0.15, -0.1) is 0 Å². The Morgan fingerprint density at radius 2 is 1.49 bits per heavy atom. The van der Waals surface area contributed by atoms with Gasteiger partial charge in [-0.25, -0.2) is 9.18 Å². The van der Waals surface area contributed by atoms with E-state index in [1.165, 1.54) is 19.1 Å². The summed E-state index contributed by atoms with van der Waals surface area (Å²) in [6, 6.07) is 15.9. The van der Waals surface area contributed by atoms with Gasteiger partial charge in [-0.1, -0.05) is 42.5 Å². The van der Waals surface area contributed by atoms with Crippen LogP contribution < -0.4 is 0 Å². The molecule has 0 spiro atoms. The van der Waals surface area contributed by atoms with Gasteiger partial charge >= 0.3 is 18.3 Å². The summed E-state index contributed by atoms with van der Waals surface area (Å²) in [4.78, 5) is 14.5. The number of halogens is 7. The van der Waals surface area contributed by atoms with E-state index in [1.54, 1.807) is 42.5 Å². The zero-order valence-corrected chi connectivity index (χ0v) is 21.6. The van der Waals surface area contributed by atoms with Crippen LogP contribution in [0.2, 0.25) is 0 Å². The highest BCUT2D eigenvalue weighted by Gasteiger charge is 2.41. The predicted octanol–water partition coefficient (Wildman–Crippen LogP) is 7.38. The summed E-state index contributed by atoms with van der Waals surface area (Å²) in [7, 11) is 0. The second-order valence-electron chi connectivity index (χ2n) is 9.98. The number of nitrogens with zero attached hydrogens (tertiary/aromatic N) is 1. The van der Waals surface area contributed by atoms with Crippen molar-refractivity contribution in [3.05, 3.63) is 112 Å². The number of carbonyl (C=O) groups is 1. The normalized spacial score (nSPS) is 20.5. The minimum Gasteiger partial charge on any atom is -0.456 e. The molecule has 2 aliphatic heterocycles. The summed E-state index contributed by atoms with van der Waals surface area (Å²) < 4.78 is 106. The fourth-order valence-corrected chi connectivity index (χ4v) is 5.25. The zero-order valence-electron chi connectivity index (χ0n) is 21.6. The van der Waals surface area contributed by atoms with E-state index in [4.69, 9.17) is 9.47 Å². The second-order valence-corrected chi connectivity index (χ2v) is 9.98. The quantitative estimate of drug-likeness (QED) is 0.226. The Balaban J connectivity index is 1.49. The molecule has 5 rings (SSSR count). The van der Waals surface area contributed by atoms with Crippen molar-refractivity contribution in [1.82, 2.24) is 4.90 Å². The van der Waals surface area contributed by atoms with Gasteiger partial charge in [0.1, 0.15) is 12.4 Å². The standard InChI is InChI=1S/C30H24F7NO3/c1-17(20-11-21(29(32,33)34)13-22(12-20)30(35,36)37)41-26-15-38(14-24(26)18-7-9-23(31)10-8-18)25-16-40-28(39)27(25)19-5-3-2-4-6-19/h2-13,17,24,26H,14-16H2,1H3. The van der Waals surface area contributed by atoms with Crippen LogP contribution in [-0.4, -0.2) is 36.7 Å². The molecule has 1 fully saturated rings. The van der Waals surface area contributed by atoms with Crippen molar-refractivity contribution in [1.29, 1.82) is 0 Å². The molecule has 2 heterocycles. The van der Waals surface area contributed by atoms with Crippen LogP contribution in [-0.2, 0) is 26.6 Å². The average molecular weight is 580 g/mol. The van der Waals surface area contributed by atoms with Gasteiger partial charge in [-0.2, -0.15) is 26.3 Å². The number of esters is 1. The minimum atomic E-state index is -4.99. The third kappa shape index (κ3) is 6.09. The molecule has 0 radical (unpaired) electrons. The molecule has 3 aromatic carbocycles. The number of benzene rings is 3. The van der Waals surface area contributed by atoms with E-state index in [2.05, 4.69) is 0 Å². The predicted molar refractivity (Wildman–Crippen MR) is 135 cm³/mol. The number of cyclic esters (lactones) is 1. The Bertz CT molecular complexity index is 1420. The van der Waals surface area contributed by atoms with Crippen LogP contribution in [0.3, 0.4) is 0 Å². The van der Waals surface area contributed by atoms with E-state index in [-0.39, 0.29) is 24.8 Å². The highest BCUT2D eigenvalue weighted by molar-refractivity contribution is 6.19. The number of hydrogen-bond acceptors (Lipinski definition) is 4. The molecule has 0 amide bonds. The molecule has 3 atom stereocenters. The summed E-state index contributed by atoms with van der Waals surface area (Å²) in [5.41, 5.74) is -0.884. The Morgan fingerprint density at radius 3 is 2.07 bits per heavy atom. The van der Waals surface area contributed by atoms with Crippen LogP contribution in [0.15, 0.2) is 78.5 Å².